The van der Waals surface area contributed by atoms with Crippen molar-refractivity contribution in [1.82, 2.24) is 9.55 Å². The van der Waals surface area contributed by atoms with E-state index in [1.807, 2.05) is 0 Å². The van der Waals surface area contributed by atoms with Gasteiger partial charge in [0.15, 0.2) is 11.3 Å². The quantitative estimate of drug-likeness (QED) is 0.297. The summed E-state index contributed by atoms with van der Waals surface area (Å²) >= 11 is 1.03. The van der Waals surface area contributed by atoms with Crippen LogP contribution in [0, 0.1) is 16.7 Å². The second-order valence-corrected chi connectivity index (χ2v) is 11.5. The SMILES string of the molecule is CC(C)(C)C(=O)SCCOP(=O)(OC[C@H]1O[C@@H](n2cnc(C#N)c2O)[C@H](O)C1O)Oc1ccccc1. The van der Waals surface area contributed by atoms with Gasteiger partial charge in [0.2, 0.25) is 11.6 Å². The number of thioether (sulfide) groups is 1. The number of nitriles is 1. The smallest absolute Gasteiger partial charge is 0.492 e. The molecule has 0 spiro atoms. The number of aromatic nitrogens is 2. The minimum atomic E-state index is -4.25. The Morgan fingerprint density at radius 1 is 1.25 bits per heavy atom. The molecular formula is C22H28N3O9PS. The van der Waals surface area contributed by atoms with Crippen LogP contribution in [0.5, 0.6) is 11.6 Å². The molecule has 1 fully saturated rings. The lowest BCUT2D eigenvalue weighted by Gasteiger charge is -2.21. The zero-order valence-electron chi connectivity index (χ0n) is 19.9. The Morgan fingerprint density at radius 3 is 2.56 bits per heavy atom. The van der Waals surface area contributed by atoms with Gasteiger partial charge >= 0.3 is 7.82 Å². The molecule has 12 nitrogen and oxygen atoms in total. The van der Waals surface area contributed by atoms with Gasteiger partial charge in [-0.2, -0.15) is 5.26 Å². The highest BCUT2D eigenvalue weighted by atomic mass is 32.2. The van der Waals surface area contributed by atoms with E-state index < -0.39 is 50.3 Å². The standard InChI is InChI=1S/C22H28N3O9PS/c1-22(2,3)21(29)36-10-9-31-35(30,34-14-7-5-4-6-8-14)32-12-16-17(26)18(27)20(33-16)25-13-24-15(11-23)19(25)28/h4-8,13,16-18,20,26-28H,9-10,12H2,1-3H3/t16-,17?,18-,20-,35?/m1/s1. The molecule has 1 aliphatic heterocycles. The number of phosphoric acid groups is 1. The topological polar surface area (TPSA) is 173 Å². The third-order valence-corrected chi connectivity index (χ3v) is 7.66. The second kappa shape index (κ2) is 11.7. The Bertz CT molecular complexity index is 1130. The van der Waals surface area contributed by atoms with Crippen molar-refractivity contribution >= 4 is 24.7 Å². The molecule has 0 bridgehead atoms. The molecule has 1 aromatic carbocycles. The Kier molecular flexibility index (Phi) is 9.18. The highest BCUT2D eigenvalue weighted by molar-refractivity contribution is 8.13. The maximum absolute atomic E-state index is 13.4. The molecule has 3 N–H and O–H groups in total. The number of carbonyl (C=O) groups is 1. The van der Waals surface area contributed by atoms with E-state index >= 15 is 0 Å². The molecule has 36 heavy (non-hydrogen) atoms. The number of ether oxygens (including phenoxy) is 1. The van der Waals surface area contributed by atoms with Crippen LogP contribution in [0.15, 0.2) is 36.7 Å². The van der Waals surface area contributed by atoms with Crippen LogP contribution in [0.3, 0.4) is 0 Å². The van der Waals surface area contributed by atoms with Gasteiger partial charge in [0, 0.05) is 11.2 Å². The number of benzene rings is 1. The number of aliphatic hydroxyl groups excluding tert-OH is 2. The normalized spacial score (nSPS) is 23.7. The summed E-state index contributed by atoms with van der Waals surface area (Å²) in [6.45, 7) is 4.72. The molecule has 196 valence electrons. The third kappa shape index (κ3) is 6.86. The number of hydrogen-bond acceptors (Lipinski definition) is 12. The zero-order valence-corrected chi connectivity index (χ0v) is 21.6. The van der Waals surface area contributed by atoms with E-state index in [1.54, 1.807) is 57.2 Å². The number of hydrogen-bond donors (Lipinski definition) is 3. The largest absolute Gasteiger partial charge is 0.530 e. The lowest BCUT2D eigenvalue weighted by molar-refractivity contribution is -0.117. The molecule has 1 aromatic heterocycles. The van der Waals surface area contributed by atoms with Crippen molar-refractivity contribution in [2.75, 3.05) is 19.0 Å². The summed E-state index contributed by atoms with van der Waals surface area (Å²) in [5.41, 5.74) is -0.826. The first-order chi connectivity index (χ1) is 16.9. The summed E-state index contributed by atoms with van der Waals surface area (Å²) in [5, 5.41) is 39.8. The minimum absolute atomic E-state index is 0.0596. The molecule has 2 unspecified atom stereocenters. The third-order valence-electron chi connectivity index (χ3n) is 5.02. The molecule has 1 aliphatic rings. The fourth-order valence-electron chi connectivity index (χ4n) is 3.08. The molecule has 0 aliphatic carbocycles. The van der Waals surface area contributed by atoms with Gasteiger partial charge in [0.25, 0.3) is 0 Å². The van der Waals surface area contributed by atoms with Crippen LogP contribution in [0.2, 0.25) is 0 Å². The molecule has 0 radical (unpaired) electrons. The summed E-state index contributed by atoms with van der Waals surface area (Å²) < 4.78 is 36.3. The molecule has 0 amide bonds. The van der Waals surface area contributed by atoms with Gasteiger partial charge in [0.1, 0.15) is 36.5 Å². The Hall–Kier alpha value is -2.43. The van der Waals surface area contributed by atoms with E-state index in [9.17, 15) is 24.7 Å². The van der Waals surface area contributed by atoms with Gasteiger partial charge in [-0.05, 0) is 12.1 Å². The van der Waals surface area contributed by atoms with E-state index in [0.29, 0.717) is 0 Å². The Balaban J connectivity index is 1.66. The van der Waals surface area contributed by atoms with Gasteiger partial charge in [0.05, 0.1) is 13.2 Å². The van der Waals surface area contributed by atoms with E-state index in [0.717, 1.165) is 22.7 Å². The van der Waals surface area contributed by atoms with Gasteiger partial charge in [-0.3, -0.25) is 18.4 Å². The first-order valence-electron chi connectivity index (χ1n) is 10.9. The van der Waals surface area contributed by atoms with Crippen LogP contribution in [-0.2, 0) is 23.1 Å². The summed E-state index contributed by atoms with van der Waals surface area (Å²) in [7, 11) is -4.25. The van der Waals surface area contributed by atoms with Crippen molar-refractivity contribution in [2.24, 2.45) is 5.41 Å². The van der Waals surface area contributed by atoms with Crippen LogP contribution < -0.4 is 4.52 Å². The summed E-state index contributed by atoms with van der Waals surface area (Å²) in [6.07, 6.45) is -4.39. The number of rotatable bonds is 10. The lowest BCUT2D eigenvalue weighted by Crippen LogP contribution is -2.33. The molecule has 3 rings (SSSR count). The lowest BCUT2D eigenvalue weighted by atomic mass is 10.00. The van der Waals surface area contributed by atoms with Gasteiger partial charge in [-0.15, -0.1) is 0 Å². The monoisotopic (exact) mass is 541 g/mol. The van der Waals surface area contributed by atoms with Crippen LogP contribution >= 0.6 is 19.6 Å². The van der Waals surface area contributed by atoms with Crippen molar-refractivity contribution in [2.45, 2.75) is 45.3 Å². The molecule has 0 saturated carbocycles. The number of carbonyl (C=O) groups excluding carboxylic acids is 1. The number of aliphatic hydroxyl groups is 2. The summed E-state index contributed by atoms with van der Waals surface area (Å²) in [4.78, 5) is 15.8. The van der Waals surface area contributed by atoms with Gasteiger partial charge in [-0.1, -0.05) is 50.7 Å². The predicted molar refractivity (Wildman–Crippen MR) is 128 cm³/mol. The van der Waals surface area contributed by atoms with Crippen LogP contribution in [0.25, 0.3) is 0 Å². The number of nitrogens with zero attached hydrogens (tertiary/aromatic N) is 3. The van der Waals surface area contributed by atoms with Crippen molar-refractivity contribution < 1.29 is 43.0 Å². The molecular weight excluding hydrogens is 513 g/mol. The number of imidazole rings is 1. The zero-order chi connectivity index (χ0) is 26.5. The van der Waals surface area contributed by atoms with Gasteiger partial charge < -0.3 is 24.6 Å². The van der Waals surface area contributed by atoms with Crippen LogP contribution in [0.4, 0.5) is 0 Å². The highest BCUT2D eigenvalue weighted by Gasteiger charge is 2.46. The van der Waals surface area contributed by atoms with Gasteiger partial charge in [-0.25, -0.2) is 9.55 Å². The van der Waals surface area contributed by atoms with Crippen molar-refractivity contribution in [3.63, 3.8) is 0 Å². The van der Waals surface area contributed by atoms with E-state index in [-0.39, 0.29) is 28.9 Å². The fourth-order valence-corrected chi connectivity index (χ4v) is 5.19. The minimum Gasteiger partial charge on any atom is -0.492 e. The average molecular weight is 542 g/mol. The second-order valence-electron chi connectivity index (χ2n) is 8.85. The molecule has 2 aromatic rings. The fraction of sp³-hybridized carbons (Fsp3) is 0.500. The van der Waals surface area contributed by atoms with E-state index in [4.69, 9.17) is 23.6 Å². The number of aromatic hydroxyl groups is 1. The molecule has 14 heteroatoms. The van der Waals surface area contributed by atoms with Crippen molar-refractivity contribution in [3.8, 4) is 17.7 Å². The Labute approximate surface area is 212 Å². The molecule has 1 saturated heterocycles. The van der Waals surface area contributed by atoms with E-state index in [2.05, 4.69) is 4.98 Å². The molecule has 5 atom stereocenters. The van der Waals surface area contributed by atoms with Crippen LogP contribution in [0.1, 0.15) is 32.7 Å². The number of phosphoric ester groups is 1. The average Bonchev–Trinajstić information content (AvgIpc) is 3.34. The first kappa shape index (κ1) is 28.1. The maximum Gasteiger partial charge on any atom is 0.530 e. The highest BCUT2D eigenvalue weighted by Crippen LogP contribution is 2.50. The van der Waals surface area contributed by atoms with Crippen LogP contribution in [-0.4, -0.2) is 67.3 Å². The number of para-hydroxylation sites is 1. The molecule has 2 heterocycles. The predicted octanol–water partition coefficient (Wildman–Crippen LogP) is 2.61. The van der Waals surface area contributed by atoms with Crippen molar-refractivity contribution in [3.05, 3.63) is 42.4 Å². The van der Waals surface area contributed by atoms with E-state index in [1.165, 1.54) is 0 Å². The summed E-state index contributed by atoms with van der Waals surface area (Å²) in [5.74, 6) is -0.136. The Morgan fingerprint density at radius 2 is 1.94 bits per heavy atom. The maximum atomic E-state index is 13.4. The van der Waals surface area contributed by atoms with Crippen molar-refractivity contribution in [1.29, 1.82) is 5.26 Å². The first-order valence-corrected chi connectivity index (χ1v) is 13.4. The summed E-state index contributed by atoms with van der Waals surface area (Å²) in [6, 6.07) is 9.84.